The molecule has 0 saturated heterocycles. The SMILES string of the molecule is CN(CC(=O)OC(C)(C)C)c1ncnc(Oc2ccc3c(c2)OCO3)c1[N+](=O)[O-]. The van der Waals surface area contributed by atoms with Crippen molar-refractivity contribution in [2.24, 2.45) is 0 Å². The second-order valence-corrected chi connectivity index (χ2v) is 7.17. The maximum atomic E-state index is 12.1. The van der Waals surface area contributed by atoms with Gasteiger partial charge in [0, 0.05) is 13.1 Å². The molecule has 1 aliphatic rings. The molecule has 0 radical (unpaired) electrons. The van der Waals surface area contributed by atoms with E-state index in [0.717, 1.165) is 6.33 Å². The van der Waals surface area contributed by atoms with Crippen molar-refractivity contribution < 1.29 is 28.7 Å². The Labute approximate surface area is 166 Å². The maximum absolute atomic E-state index is 12.1. The molecule has 0 atom stereocenters. The lowest BCUT2D eigenvalue weighted by molar-refractivity contribution is -0.385. The molecule has 0 spiro atoms. The van der Waals surface area contributed by atoms with E-state index in [9.17, 15) is 14.9 Å². The van der Waals surface area contributed by atoms with Gasteiger partial charge in [-0.3, -0.25) is 14.9 Å². The highest BCUT2D eigenvalue weighted by Gasteiger charge is 2.29. The zero-order valence-electron chi connectivity index (χ0n) is 16.4. The van der Waals surface area contributed by atoms with Crippen LogP contribution in [0.25, 0.3) is 0 Å². The van der Waals surface area contributed by atoms with Crippen LogP contribution in [0.15, 0.2) is 24.5 Å². The molecular weight excluding hydrogens is 384 g/mol. The Hall–Kier alpha value is -3.63. The molecule has 0 bridgehead atoms. The van der Waals surface area contributed by atoms with Crippen LogP contribution in [0.1, 0.15) is 20.8 Å². The summed E-state index contributed by atoms with van der Waals surface area (Å²) in [6, 6.07) is 4.74. The topological polar surface area (TPSA) is 126 Å². The van der Waals surface area contributed by atoms with Gasteiger partial charge in [0.05, 0.1) is 4.92 Å². The van der Waals surface area contributed by atoms with Crippen molar-refractivity contribution in [1.82, 2.24) is 9.97 Å². The first-order valence-electron chi connectivity index (χ1n) is 8.64. The van der Waals surface area contributed by atoms with Gasteiger partial charge in [-0.15, -0.1) is 0 Å². The normalized spacial score (nSPS) is 12.4. The molecule has 3 rings (SSSR count). The molecule has 11 heteroatoms. The second-order valence-electron chi connectivity index (χ2n) is 7.17. The summed E-state index contributed by atoms with van der Waals surface area (Å²) >= 11 is 0. The summed E-state index contributed by atoms with van der Waals surface area (Å²) in [5.74, 6) is 0.387. The molecule has 1 aromatic heterocycles. The van der Waals surface area contributed by atoms with E-state index in [1.165, 1.54) is 18.0 Å². The molecule has 11 nitrogen and oxygen atoms in total. The summed E-state index contributed by atoms with van der Waals surface area (Å²) in [6.45, 7) is 5.05. The summed E-state index contributed by atoms with van der Waals surface area (Å²) in [6.07, 6.45) is 1.12. The Kier molecular flexibility index (Phi) is 5.39. The number of carbonyl (C=O) groups is 1. The van der Waals surface area contributed by atoms with Gasteiger partial charge < -0.3 is 23.8 Å². The molecular formula is C18H20N4O7. The lowest BCUT2D eigenvalue weighted by Gasteiger charge is -2.23. The van der Waals surface area contributed by atoms with Crippen molar-refractivity contribution >= 4 is 17.5 Å². The molecule has 1 aromatic carbocycles. The Balaban J connectivity index is 1.86. The van der Waals surface area contributed by atoms with Crippen molar-refractivity contribution in [3.63, 3.8) is 0 Å². The van der Waals surface area contributed by atoms with Gasteiger partial charge in [-0.2, -0.15) is 4.98 Å². The minimum Gasteiger partial charge on any atom is -0.459 e. The van der Waals surface area contributed by atoms with Gasteiger partial charge in [0.25, 0.3) is 0 Å². The van der Waals surface area contributed by atoms with Crippen LogP contribution >= 0.6 is 0 Å². The maximum Gasteiger partial charge on any atom is 0.373 e. The zero-order valence-corrected chi connectivity index (χ0v) is 16.4. The van der Waals surface area contributed by atoms with Crippen molar-refractivity contribution in [1.29, 1.82) is 0 Å². The highest BCUT2D eigenvalue weighted by Crippen LogP contribution is 2.39. The molecule has 0 unspecified atom stereocenters. The fraction of sp³-hybridized carbons (Fsp3) is 0.389. The van der Waals surface area contributed by atoms with Crippen LogP contribution in [0.3, 0.4) is 0 Å². The highest BCUT2D eigenvalue weighted by atomic mass is 16.7. The van der Waals surface area contributed by atoms with Crippen LogP contribution in [0.2, 0.25) is 0 Å². The number of hydrogen-bond acceptors (Lipinski definition) is 10. The third-order valence-corrected chi connectivity index (χ3v) is 3.66. The molecule has 29 heavy (non-hydrogen) atoms. The zero-order chi connectivity index (χ0) is 21.2. The standard InChI is InChI=1S/C18H20N4O7/c1-18(2,3)29-14(23)8-21(4)16-15(22(24)25)17(20-9-19-16)28-11-5-6-12-13(7-11)27-10-26-12/h5-7,9H,8,10H2,1-4H3. The van der Waals surface area contributed by atoms with Gasteiger partial charge in [-0.05, 0) is 32.9 Å². The van der Waals surface area contributed by atoms with Crippen LogP contribution in [0.5, 0.6) is 23.1 Å². The Morgan fingerprint density at radius 2 is 2.00 bits per heavy atom. The Morgan fingerprint density at radius 3 is 2.69 bits per heavy atom. The van der Waals surface area contributed by atoms with E-state index in [4.69, 9.17) is 18.9 Å². The molecule has 0 amide bonds. The van der Waals surface area contributed by atoms with Gasteiger partial charge in [-0.1, -0.05) is 0 Å². The number of rotatable bonds is 6. The van der Waals surface area contributed by atoms with E-state index >= 15 is 0 Å². The fourth-order valence-electron chi connectivity index (χ4n) is 2.56. The first-order chi connectivity index (χ1) is 13.6. The van der Waals surface area contributed by atoms with Crippen molar-refractivity contribution in [2.75, 3.05) is 25.3 Å². The lowest BCUT2D eigenvalue weighted by atomic mass is 10.2. The third-order valence-electron chi connectivity index (χ3n) is 3.66. The van der Waals surface area contributed by atoms with E-state index < -0.39 is 22.2 Å². The second kappa shape index (κ2) is 7.78. The summed E-state index contributed by atoms with van der Waals surface area (Å²) < 4.78 is 21.3. The predicted molar refractivity (Wildman–Crippen MR) is 100 cm³/mol. The van der Waals surface area contributed by atoms with Crippen LogP contribution in [0.4, 0.5) is 11.5 Å². The summed E-state index contributed by atoms with van der Waals surface area (Å²) in [5, 5.41) is 11.7. The summed E-state index contributed by atoms with van der Waals surface area (Å²) in [4.78, 5) is 32.2. The average Bonchev–Trinajstić information content (AvgIpc) is 3.07. The van der Waals surface area contributed by atoms with E-state index in [0.29, 0.717) is 11.5 Å². The number of esters is 1. The van der Waals surface area contributed by atoms with Crippen LogP contribution in [-0.4, -0.2) is 46.8 Å². The van der Waals surface area contributed by atoms with E-state index in [-0.39, 0.29) is 30.8 Å². The number of hydrogen-bond donors (Lipinski definition) is 0. The Morgan fingerprint density at radius 1 is 1.28 bits per heavy atom. The largest absolute Gasteiger partial charge is 0.459 e. The number of aromatic nitrogens is 2. The molecule has 2 heterocycles. The number of nitrogens with zero attached hydrogens (tertiary/aromatic N) is 4. The molecule has 0 N–H and O–H groups in total. The molecule has 0 saturated carbocycles. The van der Waals surface area contributed by atoms with Gasteiger partial charge in [0.1, 0.15) is 24.2 Å². The van der Waals surface area contributed by atoms with Crippen LogP contribution in [0, 0.1) is 10.1 Å². The monoisotopic (exact) mass is 404 g/mol. The van der Waals surface area contributed by atoms with Crippen molar-refractivity contribution in [3.05, 3.63) is 34.6 Å². The predicted octanol–water partition coefficient (Wildman–Crippen LogP) is 2.68. The van der Waals surface area contributed by atoms with Gasteiger partial charge in [0.2, 0.25) is 12.6 Å². The number of benzene rings is 1. The van der Waals surface area contributed by atoms with Crippen LogP contribution in [-0.2, 0) is 9.53 Å². The molecule has 154 valence electrons. The first kappa shape index (κ1) is 20.1. The number of likely N-dealkylation sites (N-methyl/N-ethyl adjacent to an activating group) is 1. The van der Waals surface area contributed by atoms with Crippen molar-refractivity contribution in [2.45, 2.75) is 26.4 Å². The number of anilines is 1. The lowest BCUT2D eigenvalue weighted by Crippen LogP contribution is -2.33. The summed E-state index contributed by atoms with van der Waals surface area (Å²) in [7, 11) is 1.49. The molecule has 2 aromatic rings. The van der Waals surface area contributed by atoms with E-state index in [1.54, 1.807) is 32.9 Å². The average molecular weight is 404 g/mol. The Bertz CT molecular complexity index is 942. The number of carbonyl (C=O) groups excluding carboxylic acids is 1. The van der Waals surface area contributed by atoms with E-state index in [2.05, 4.69) is 9.97 Å². The third kappa shape index (κ3) is 4.81. The summed E-state index contributed by atoms with van der Waals surface area (Å²) in [5.41, 5.74) is -1.15. The minimum absolute atomic E-state index is 0.0772. The molecule has 1 aliphatic heterocycles. The smallest absolute Gasteiger partial charge is 0.373 e. The first-order valence-corrected chi connectivity index (χ1v) is 8.64. The van der Waals surface area contributed by atoms with E-state index in [1.807, 2.05) is 0 Å². The fourth-order valence-corrected chi connectivity index (χ4v) is 2.56. The van der Waals surface area contributed by atoms with Crippen LogP contribution < -0.4 is 19.1 Å². The van der Waals surface area contributed by atoms with Gasteiger partial charge in [0.15, 0.2) is 11.5 Å². The highest BCUT2D eigenvalue weighted by molar-refractivity contribution is 5.77. The van der Waals surface area contributed by atoms with Gasteiger partial charge >= 0.3 is 17.5 Å². The van der Waals surface area contributed by atoms with Gasteiger partial charge in [-0.25, -0.2) is 4.98 Å². The number of nitro groups is 1. The minimum atomic E-state index is -0.677. The number of ether oxygens (including phenoxy) is 4. The quantitative estimate of drug-likeness (QED) is 0.403. The molecule has 0 fully saturated rings. The number of fused-ring (bicyclic) bond motifs is 1. The molecule has 0 aliphatic carbocycles. The van der Waals surface area contributed by atoms with Crippen molar-refractivity contribution in [3.8, 4) is 23.1 Å².